The van der Waals surface area contributed by atoms with E-state index < -0.39 is 11.5 Å². The van der Waals surface area contributed by atoms with Crippen molar-refractivity contribution >= 4 is 11.6 Å². The molecule has 0 fully saturated rings. The molecule has 0 saturated heterocycles. The Morgan fingerprint density at radius 3 is 2.09 bits per heavy atom. The molecular formula is C39H51N3O4. The summed E-state index contributed by atoms with van der Waals surface area (Å²) in [6.45, 7) is 21.3. The fraction of sp³-hybridized carbons (Fsp3) is 0.436. The minimum Gasteiger partial charge on any atom is -0.480 e. The number of H-pyrrole nitrogens is 1. The SMILES string of the molecule is CCC(Oc1ccc(C(C)(C)CC)cc1C(C)(C)CC)C(=O)Nc1ccccc1-n1[nH]c(C(C)(C)C)c(Oc2ccccc2)c1=O. The summed E-state index contributed by atoms with van der Waals surface area (Å²) in [5.74, 6) is 1.22. The number of hydrogen-bond acceptors (Lipinski definition) is 4. The first-order valence-electron chi connectivity index (χ1n) is 16.4. The van der Waals surface area contributed by atoms with Gasteiger partial charge in [0, 0.05) is 11.0 Å². The van der Waals surface area contributed by atoms with Crippen molar-refractivity contribution in [1.82, 2.24) is 9.78 Å². The highest BCUT2D eigenvalue weighted by Gasteiger charge is 2.30. The number of nitrogens with one attached hydrogen (secondary N) is 2. The average Bonchev–Trinajstić information content (AvgIpc) is 3.36. The smallest absolute Gasteiger partial charge is 0.314 e. The van der Waals surface area contributed by atoms with E-state index in [1.807, 2.05) is 76.2 Å². The zero-order chi connectivity index (χ0) is 33.9. The summed E-state index contributed by atoms with van der Waals surface area (Å²) < 4.78 is 14.1. The molecule has 46 heavy (non-hydrogen) atoms. The van der Waals surface area contributed by atoms with Gasteiger partial charge in [0.15, 0.2) is 6.10 Å². The van der Waals surface area contributed by atoms with Crippen molar-refractivity contribution in [2.75, 3.05) is 5.32 Å². The molecule has 1 unspecified atom stereocenters. The first-order valence-corrected chi connectivity index (χ1v) is 16.4. The average molecular weight is 626 g/mol. The number of ether oxygens (including phenoxy) is 2. The minimum atomic E-state index is -0.744. The molecule has 0 saturated carbocycles. The van der Waals surface area contributed by atoms with Crippen LogP contribution in [0.4, 0.5) is 5.69 Å². The third-order valence-electron chi connectivity index (χ3n) is 9.15. The lowest BCUT2D eigenvalue weighted by Gasteiger charge is -2.31. The molecule has 7 heteroatoms. The van der Waals surface area contributed by atoms with E-state index in [0.717, 1.165) is 24.2 Å². The maximum atomic E-state index is 13.9. The van der Waals surface area contributed by atoms with Crippen molar-refractivity contribution in [3.63, 3.8) is 0 Å². The van der Waals surface area contributed by atoms with Crippen molar-refractivity contribution in [3.8, 4) is 22.9 Å². The molecular weight excluding hydrogens is 574 g/mol. The molecule has 0 aliphatic rings. The van der Waals surface area contributed by atoms with Gasteiger partial charge in [0.1, 0.15) is 11.5 Å². The molecule has 0 radical (unpaired) electrons. The lowest BCUT2D eigenvalue weighted by Crippen LogP contribution is -2.34. The van der Waals surface area contributed by atoms with Gasteiger partial charge in [0.2, 0.25) is 5.75 Å². The Hall–Kier alpha value is -4.26. The molecule has 4 rings (SSSR count). The Bertz CT molecular complexity index is 1710. The van der Waals surface area contributed by atoms with Gasteiger partial charge in [-0.3, -0.25) is 14.7 Å². The largest absolute Gasteiger partial charge is 0.480 e. The van der Waals surface area contributed by atoms with E-state index in [1.54, 1.807) is 12.1 Å². The minimum absolute atomic E-state index is 0.0249. The number of anilines is 1. The van der Waals surface area contributed by atoms with Gasteiger partial charge in [0.25, 0.3) is 5.91 Å². The summed E-state index contributed by atoms with van der Waals surface area (Å²) in [6, 6.07) is 22.9. The second kappa shape index (κ2) is 13.6. The summed E-state index contributed by atoms with van der Waals surface area (Å²) in [5.41, 5.74) is 3.11. The van der Waals surface area contributed by atoms with Crippen molar-refractivity contribution in [2.24, 2.45) is 0 Å². The first-order chi connectivity index (χ1) is 21.6. The number of carbonyl (C=O) groups excluding carboxylic acids is 1. The van der Waals surface area contributed by atoms with Gasteiger partial charge in [0.05, 0.1) is 17.1 Å². The van der Waals surface area contributed by atoms with E-state index >= 15 is 0 Å². The van der Waals surface area contributed by atoms with Gasteiger partial charge < -0.3 is 14.8 Å². The number of nitrogens with zero attached hydrogens (tertiary/aromatic N) is 1. The number of rotatable bonds is 12. The van der Waals surface area contributed by atoms with Crippen LogP contribution in [0.3, 0.4) is 0 Å². The quantitative estimate of drug-likeness (QED) is 0.164. The number of carbonyl (C=O) groups is 1. The summed E-state index contributed by atoms with van der Waals surface area (Å²) in [6.07, 6.45) is 1.66. The van der Waals surface area contributed by atoms with Crippen molar-refractivity contribution in [1.29, 1.82) is 0 Å². The molecule has 1 atom stereocenters. The normalized spacial score (nSPS) is 12.9. The monoisotopic (exact) mass is 625 g/mol. The maximum absolute atomic E-state index is 13.9. The van der Waals surface area contributed by atoms with E-state index in [0.29, 0.717) is 29.2 Å². The number of aromatic nitrogens is 2. The third-order valence-corrected chi connectivity index (χ3v) is 9.15. The van der Waals surface area contributed by atoms with E-state index in [9.17, 15) is 9.59 Å². The molecule has 0 aliphatic heterocycles. The molecule has 0 aliphatic carbocycles. The molecule has 0 bridgehead atoms. The van der Waals surface area contributed by atoms with Gasteiger partial charge in [-0.2, -0.15) is 0 Å². The van der Waals surface area contributed by atoms with Crippen LogP contribution < -0.4 is 20.3 Å². The Balaban J connectivity index is 1.68. The molecule has 246 valence electrons. The molecule has 2 N–H and O–H groups in total. The van der Waals surface area contributed by atoms with Crippen LogP contribution in [0.15, 0.2) is 77.6 Å². The van der Waals surface area contributed by atoms with Gasteiger partial charge in [-0.25, -0.2) is 4.68 Å². The second-order valence-corrected chi connectivity index (χ2v) is 14.3. The van der Waals surface area contributed by atoms with Crippen molar-refractivity contribution in [2.45, 2.75) is 111 Å². The van der Waals surface area contributed by atoms with Crippen molar-refractivity contribution < 1.29 is 14.3 Å². The summed E-state index contributed by atoms with van der Waals surface area (Å²) >= 11 is 0. The van der Waals surface area contributed by atoms with E-state index in [4.69, 9.17) is 9.47 Å². The molecule has 1 heterocycles. The van der Waals surface area contributed by atoms with Crippen LogP contribution in [0.5, 0.6) is 17.2 Å². The molecule has 1 aromatic heterocycles. The Morgan fingerprint density at radius 1 is 0.848 bits per heavy atom. The Morgan fingerprint density at radius 2 is 1.48 bits per heavy atom. The highest BCUT2D eigenvalue weighted by molar-refractivity contribution is 5.96. The summed E-state index contributed by atoms with van der Waals surface area (Å²) in [5, 5.41) is 6.33. The number of hydrogen-bond donors (Lipinski definition) is 2. The van der Waals surface area contributed by atoms with Gasteiger partial charge in [-0.1, -0.05) is 112 Å². The first kappa shape index (κ1) is 34.6. The topological polar surface area (TPSA) is 85.3 Å². The Kier molecular flexibility index (Phi) is 10.2. The fourth-order valence-corrected chi connectivity index (χ4v) is 5.24. The number of benzene rings is 3. The molecule has 3 aromatic carbocycles. The standard InChI is InChI=1S/C39H51N3O4/c1-11-31(46-32-24-23-26(38(7,8)12-2)25-28(32)39(9,10)13-3)35(43)40-29-21-17-18-22-30(29)42-36(44)33(34(41-42)37(4,5)6)45-27-19-15-14-16-20-27/h14-25,31,41H,11-13H2,1-10H3,(H,40,43). The molecule has 7 nitrogen and oxygen atoms in total. The zero-order valence-electron chi connectivity index (χ0n) is 29.2. The molecule has 1 amide bonds. The Labute approximate surface area is 274 Å². The van der Waals surface area contributed by atoms with Crippen LogP contribution in [0.2, 0.25) is 0 Å². The molecule has 4 aromatic rings. The van der Waals surface area contributed by atoms with Crippen LogP contribution >= 0.6 is 0 Å². The highest BCUT2D eigenvalue weighted by atomic mass is 16.5. The van der Waals surface area contributed by atoms with Gasteiger partial charge in [-0.15, -0.1) is 0 Å². The lowest BCUT2D eigenvalue weighted by atomic mass is 9.76. The van der Waals surface area contributed by atoms with E-state index in [1.165, 1.54) is 10.2 Å². The lowest BCUT2D eigenvalue weighted by molar-refractivity contribution is -0.122. The van der Waals surface area contributed by atoms with Crippen LogP contribution in [-0.4, -0.2) is 21.8 Å². The van der Waals surface area contributed by atoms with E-state index in [2.05, 4.69) is 64.1 Å². The van der Waals surface area contributed by atoms with Crippen LogP contribution in [-0.2, 0) is 21.0 Å². The zero-order valence-corrected chi connectivity index (χ0v) is 29.2. The van der Waals surface area contributed by atoms with Crippen LogP contribution in [0.1, 0.15) is 105 Å². The summed E-state index contributed by atoms with van der Waals surface area (Å²) in [4.78, 5) is 27.7. The van der Waals surface area contributed by atoms with Crippen LogP contribution in [0, 0.1) is 0 Å². The molecule has 0 spiro atoms. The number of amides is 1. The van der Waals surface area contributed by atoms with Gasteiger partial charge >= 0.3 is 5.56 Å². The third kappa shape index (κ3) is 7.41. The van der Waals surface area contributed by atoms with Gasteiger partial charge in [-0.05, 0) is 66.0 Å². The van der Waals surface area contributed by atoms with Crippen molar-refractivity contribution in [3.05, 3.63) is 100.0 Å². The fourth-order valence-electron chi connectivity index (χ4n) is 5.24. The van der Waals surface area contributed by atoms with Crippen LogP contribution in [0.25, 0.3) is 5.69 Å². The van der Waals surface area contributed by atoms with E-state index in [-0.39, 0.29) is 28.0 Å². The predicted molar refractivity (Wildman–Crippen MR) is 188 cm³/mol. The maximum Gasteiger partial charge on any atom is 0.314 e. The summed E-state index contributed by atoms with van der Waals surface area (Å²) in [7, 11) is 0. The number of aromatic amines is 1. The predicted octanol–water partition coefficient (Wildman–Crippen LogP) is 9.43. The highest BCUT2D eigenvalue weighted by Crippen LogP contribution is 2.39. The number of para-hydroxylation sites is 3. The second-order valence-electron chi connectivity index (χ2n) is 14.3.